The molecule has 0 aromatic heterocycles. The molecule has 1 fully saturated rings. The van der Waals surface area contributed by atoms with Crippen LogP contribution in [0, 0.1) is 6.92 Å². The number of allylic oxidation sites excluding steroid dienone is 1. The number of carbonyl (C=O) groups excluding carboxylic acids is 3. The summed E-state index contributed by atoms with van der Waals surface area (Å²) in [5.41, 5.74) is 4.63. The SMILES string of the molecule is COc1cc2c(cc1/C=C1/C(=O)NC(=O)N(c3cccc(C)c3)C1=O)C(C)=CC(C)(C)N2C. The summed E-state index contributed by atoms with van der Waals surface area (Å²) in [6, 6.07) is 10.0. The molecule has 0 saturated carbocycles. The van der Waals surface area contributed by atoms with Gasteiger partial charge in [-0.1, -0.05) is 18.2 Å². The smallest absolute Gasteiger partial charge is 0.335 e. The van der Waals surface area contributed by atoms with Crippen molar-refractivity contribution in [3.05, 3.63) is 64.7 Å². The molecule has 2 aromatic rings. The fraction of sp³-hybridized carbons (Fsp3) is 0.269. The minimum atomic E-state index is -0.771. The van der Waals surface area contributed by atoms with Crippen molar-refractivity contribution in [1.82, 2.24) is 5.32 Å². The minimum absolute atomic E-state index is 0.138. The molecular weight excluding hydrogens is 418 g/mol. The van der Waals surface area contributed by atoms with Crippen LogP contribution in [0.1, 0.15) is 37.5 Å². The van der Waals surface area contributed by atoms with Crippen molar-refractivity contribution >= 4 is 40.9 Å². The van der Waals surface area contributed by atoms with Crippen LogP contribution in [0.3, 0.4) is 0 Å². The highest BCUT2D eigenvalue weighted by Gasteiger charge is 2.37. The number of imide groups is 2. The normalized spacial score (nSPS) is 18.8. The van der Waals surface area contributed by atoms with E-state index < -0.39 is 17.8 Å². The summed E-state index contributed by atoms with van der Waals surface area (Å²) in [7, 11) is 3.56. The Bertz CT molecular complexity index is 1260. The fourth-order valence-electron chi connectivity index (χ4n) is 4.30. The summed E-state index contributed by atoms with van der Waals surface area (Å²) in [5.74, 6) is -0.892. The number of carbonyl (C=O) groups is 3. The number of fused-ring (bicyclic) bond motifs is 1. The molecule has 2 heterocycles. The molecule has 7 heteroatoms. The third kappa shape index (κ3) is 3.80. The first-order valence-corrected chi connectivity index (χ1v) is 10.7. The van der Waals surface area contributed by atoms with Gasteiger partial charge < -0.3 is 9.64 Å². The summed E-state index contributed by atoms with van der Waals surface area (Å²) >= 11 is 0. The van der Waals surface area contributed by atoms with Gasteiger partial charge in [0, 0.05) is 29.9 Å². The summed E-state index contributed by atoms with van der Waals surface area (Å²) in [5, 5.41) is 2.27. The molecule has 0 atom stereocenters. The molecule has 1 N–H and O–H groups in total. The van der Waals surface area contributed by atoms with Gasteiger partial charge in [0.2, 0.25) is 0 Å². The van der Waals surface area contributed by atoms with Gasteiger partial charge in [0.05, 0.1) is 18.3 Å². The molecule has 4 amide bonds. The molecule has 0 unspecified atom stereocenters. The van der Waals surface area contributed by atoms with E-state index in [0.29, 0.717) is 17.0 Å². The zero-order chi connectivity index (χ0) is 24.1. The monoisotopic (exact) mass is 445 g/mol. The highest BCUT2D eigenvalue weighted by atomic mass is 16.5. The van der Waals surface area contributed by atoms with E-state index in [-0.39, 0.29) is 11.1 Å². The number of nitrogens with zero attached hydrogens (tertiary/aromatic N) is 2. The summed E-state index contributed by atoms with van der Waals surface area (Å²) in [4.78, 5) is 41.5. The Kier molecular flexibility index (Phi) is 5.36. The van der Waals surface area contributed by atoms with E-state index in [9.17, 15) is 14.4 Å². The zero-order valence-corrected chi connectivity index (χ0v) is 19.6. The fourth-order valence-corrected chi connectivity index (χ4v) is 4.30. The van der Waals surface area contributed by atoms with Crippen LogP contribution in [0.4, 0.5) is 16.2 Å². The Labute approximate surface area is 193 Å². The number of anilines is 2. The van der Waals surface area contributed by atoms with Crippen LogP contribution in [0.25, 0.3) is 11.6 Å². The van der Waals surface area contributed by atoms with Crippen molar-refractivity contribution < 1.29 is 19.1 Å². The second-order valence-electron chi connectivity index (χ2n) is 8.95. The van der Waals surface area contributed by atoms with Gasteiger partial charge in [-0.3, -0.25) is 14.9 Å². The summed E-state index contributed by atoms with van der Waals surface area (Å²) in [6.07, 6.45) is 3.66. The maximum absolute atomic E-state index is 13.3. The predicted molar refractivity (Wildman–Crippen MR) is 129 cm³/mol. The molecular formula is C26H27N3O4. The number of amides is 4. The van der Waals surface area contributed by atoms with Crippen LogP contribution in [-0.4, -0.2) is 37.5 Å². The minimum Gasteiger partial charge on any atom is -0.496 e. The second kappa shape index (κ2) is 7.92. The van der Waals surface area contributed by atoms with Crippen LogP contribution in [0.5, 0.6) is 5.75 Å². The van der Waals surface area contributed by atoms with Crippen LogP contribution in [0.15, 0.2) is 48.0 Å². The largest absolute Gasteiger partial charge is 0.496 e. The molecule has 2 aliphatic rings. The highest BCUT2D eigenvalue weighted by Crippen LogP contribution is 2.42. The number of rotatable bonds is 3. The number of nitrogens with one attached hydrogen (secondary N) is 1. The van der Waals surface area contributed by atoms with Crippen LogP contribution >= 0.6 is 0 Å². The average molecular weight is 446 g/mol. The standard InChI is InChI=1S/C26H27N3O4/c1-15-8-7-9-18(10-15)29-24(31)20(23(30)27-25(29)32)12-17-11-19-16(2)14-26(3,4)28(5)21(19)13-22(17)33-6/h7-14H,1-6H3,(H,27,30,32)/b20-12-. The molecule has 0 radical (unpaired) electrons. The van der Waals surface area contributed by atoms with E-state index in [0.717, 1.165) is 27.3 Å². The van der Waals surface area contributed by atoms with Gasteiger partial charge in [-0.2, -0.15) is 0 Å². The number of methoxy groups -OCH3 is 1. The lowest BCUT2D eigenvalue weighted by molar-refractivity contribution is -0.122. The van der Waals surface area contributed by atoms with Gasteiger partial charge in [0.1, 0.15) is 11.3 Å². The maximum atomic E-state index is 13.3. The third-order valence-corrected chi connectivity index (χ3v) is 6.23. The van der Waals surface area contributed by atoms with E-state index in [1.165, 1.54) is 6.08 Å². The zero-order valence-electron chi connectivity index (χ0n) is 19.6. The molecule has 0 aliphatic carbocycles. The van der Waals surface area contributed by atoms with Crippen LogP contribution in [-0.2, 0) is 9.59 Å². The topological polar surface area (TPSA) is 79.0 Å². The van der Waals surface area contributed by atoms with Gasteiger partial charge in [-0.25, -0.2) is 9.69 Å². The lowest BCUT2D eigenvalue weighted by Gasteiger charge is -2.41. The van der Waals surface area contributed by atoms with Gasteiger partial charge in [0.25, 0.3) is 11.8 Å². The Hall–Kier alpha value is -3.87. The van der Waals surface area contributed by atoms with Crippen molar-refractivity contribution in [2.45, 2.75) is 33.2 Å². The van der Waals surface area contributed by atoms with E-state index in [4.69, 9.17) is 4.74 Å². The second-order valence-corrected chi connectivity index (χ2v) is 8.95. The number of likely N-dealkylation sites (N-methyl/N-ethyl adjacent to an activating group) is 1. The molecule has 170 valence electrons. The average Bonchev–Trinajstić information content (AvgIpc) is 2.74. The van der Waals surface area contributed by atoms with Gasteiger partial charge in [-0.05, 0) is 63.1 Å². The van der Waals surface area contributed by atoms with Crippen molar-refractivity contribution in [3.8, 4) is 5.75 Å². The van der Waals surface area contributed by atoms with Crippen molar-refractivity contribution in [1.29, 1.82) is 0 Å². The van der Waals surface area contributed by atoms with E-state index in [2.05, 4.69) is 30.1 Å². The van der Waals surface area contributed by atoms with Gasteiger partial charge in [0.15, 0.2) is 0 Å². The van der Waals surface area contributed by atoms with E-state index >= 15 is 0 Å². The number of urea groups is 1. The van der Waals surface area contributed by atoms with Gasteiger partial charge in [-0.15, -0.1) is 0 Å². The Balaban J connectivity index is 1.82. The lowest BCUT2D eigenvalue weighted by atomic mass is 9.88. The summed E-state index contributed by atoms with van der Waals surface area (Å²) < 4.78 is 5.61. The quantitative estimate of drug-likeness (QED) is 0.563. The van der Waals surface area contributed by atoms with Gasteiger partial charge >= 0.3 is 6.03 Å². The van der Waals surface area contributed by atoms with E-state index in [1.54, 1.807) is 25.3 Å². The molecule has 4 rings (SSSR count). The third-order valence-electron chi connectivity index (χ3n) is 6.23. The lowest BCUT2D eigenvalue weighted by Crippen LogP contribution is -2.54. The van der Waals surface area contributed by atoms with E-state index in [1.807, 2.05) is 39.1 Å². The molecule has 7 nitrogen and oxygen atoms in total. The molecule has 1 saturated heterocycles. The number of aryl methyl sites for hydroxylation is 1. The van der Waals surface area contributed by atoms with Crippen LogP contribution < -0.4 is 19.9 Å². The molecule has 2 aromatic carbocycles. The van der Waals surface area contributed by atoms with Crippen molar-refractivity contribution in [2.24, 2.45) is 0 Å². The number of ether oxygens (including phenoxy) is 1. The first-order chi connectivity index (χ1) is 15.5. The van der Waals surface area contributed by atoms with Crippen molar-refractivity contribution in [3.63, 3.8) is 0 Å². The molecule has 0 bridgehead atoms. The molecule has 33 heavy (non-hydrogen) atoms. The van der Waals surface area contributed by atoms with Crippen molar-refractivity contribution in [2.75, 3.05) is 24.0 Å². The predicted octanol–water partition coefficient (Wildman–Crippen LogP) is 4.30. The first kappa shape index (κ1) is 22.3. The summed E-state index contributed by atoms with van der Waals surface area (Å²) in [6.45, 7) is 8.16. The Morgan fingerprint density at radius 2 is 1.79 bits per heavy atom. The number of barbiturate groups is 1. The van der Waals surface area contributed by atoms with Crippen LogP contribution in [0.2, 0.25) is 0 Å². The first-order valence-electron chi connectivity index (χ1n) is 10.7. The molecule has 0 spiro atoms. The maximum Gasteiger partial charge on any atom is 0.335 e. The highest BCUT2D eigenvalue weighted by molar-refractivity contribution is 6.39. The number of hydrogen-bond donors (Lipinski definition) is 1. The molecule has 2 aliphatic heterocycles. The Morgan fingerprint density at radius 1 is 1.06 bits per heavy atom. The number of hydrogen-bond acceptors (Lipinski definition) is 5. The Morgan fingerprint density at radius 3 is 2.45 bits per heavy atom. The number of benzene rings is 2.